The quantitative estimate of drug-likeness (QED) is 0.337. The Kier molecular flexibility index (Phi) is 73.6. The van der Waals surface area contributed by atoms with E-state index < -0.39 is 5.09 Å². The van der Waals surface area contributed by atoms with Gasteiger partial charge in [0.05, 0.1) is 5.09 Å². The molecule has 0 spiro atoms. The maximum absolute atomic E-state index is 8.25. The van der Waals surface area contributed by atoms with Gasteiger partial charge in [0.2, 0.25) is 0 Å². The second-order valence-corrected chi connectivity index (χ2v) is 0.224. The summed E-state index contributed by atoms with van der Waals surface area (Å²) in [7, 11) is 0. The molecule has 0 fully saturated rings. The summed E-state index contributed by atoms with van der Waals surface area (Å²) in [5, 5.41) is 14.8. The van der Waals surface area contributed by atoms with Crippen molar-refractivity contribution in [3.8, 4) is 0 Å². The van der Waals surface area contributed by atoms with Gasteiger partial charge in [-0.05, 0) is 0 Å². The van der Waals surface area contributed by atoms with Gasteiger partial charge < -0.3 is 26.3 Å². The van der Waals surface area contributed by atoms with Crippen LogP contribution < -0.4 is 0 Å². The molecule has 0 aliphatic rings. The van der Waals surface area contributed by atoms with Crippen molar-refractivity contribution in [2.24, 2.45) is 0 Å². The van der Waals surface area contributed by atoms with E-state index in [1.165, 1.54) is 0 Å². The van der Waals surface area contributed by atoms with E-state index >= 15 is 0 Å². The predicted molar refractivity (Wildman–Crippen MR) is 11.7 cm³/mol. The van der Waals surface area contributed by atoms with Crippen molar-refractivity contribution >= 4 is 0 Å². The summed E-state index contributed by atoms with van der Waals surface area (Å²) < 4.78 is 0. The van der Waals surface area contributed by atoms with Crippen molar-refractivity contribution < 1.29 is 34.6 Å². The van der Waals surface area contributed by atoms with E-state index in [4.69, 9.17) is 15.3 Å². The van der Waals surface area contributed by atoms with Crippen LogP contribution in [0.15, 0.2) is 0 Å². The van der Waals surface area contributed by atoms with Crippen LogP contribution in [-0.4, -0.2) is 5.09 Å². The van der Waals surface area contributed by atoms with Crippen molar-refractivity contribution in [3.05, 3.63) is 15.3 Å². The topological polar surface area (TPSA) is 123 Å². The van der Waals surface area contributed by atoms with Gasteiger partial charge in [0.25, 0.3) is 0 Å². The third kappa shape index (κ3) is 896. The number of hydrogen-bond donors (Lipinski definition) is 0. The van der Waals surface area contributed by atoms with Gasteiger partial charge in [-0.2, -0.15) is 0 Å². The minimum Gasteiger partial charge on any atom is -2.00 e. The minimum absolute atomic E-state index is 0. The van der Waals surface area contributed by atoms with Gasteiger partial charge in [0, 0.05) is 18.6 Å². The molecule has 6 nitrogen and oxygen atoms in total. The molecule has 0 aliphatic heterocycles. The van der Waals surface area contributed by atoms with Gasteiger partial charge in [-0.15, -0.1) is 0 Å². The van der Waals surface area contributed by atoms with Crippen molar-refractivity contribution in [2.75, 3.05) is 0 Å². The molecule has 0 N–H and O–H groups in total. The van der Waals surface area contributed by atoms with Gasteiger partial charge in [0.1, 0.15) is 0 Å². The van der Waals surface area contributed by atoms with Crippen LogP contribution >= 0.6 is 0 Å². The van der Waals surface area contributed by atoms with Crippen LogP contribution in [0.5, 0.6) is 0 Å². The van der Waals surface area contributed by atoms with Crippen molar-refractivity contribution in [1.29, 1.82) is 0 Å². The van der Waals surface area contributed by atoms with E-state index in [2.05, 4.69) is 0 Å². The predicted octanol–water partition coefficient (Wildman–Crippen LogP) is -0.479. The van der Waals surface area contributed by atoms with E-state index in [0.29, 0.717) is 0 Å². The molecular formula is NO5V-5. The molecule has 0 rings (SSSR count). The van der Waals surface area contributed by atoms with Crippen molar-refractivity contribution in [3.63, 3.8) is 0 Å². The summed E-state index contributed by atoms with van der Waals surface area (Å²) >= 11 is 0. The molecule has 0 atom stereocenters. The molecule has 45 valence electrons. The first-order valence-corrected chi connectivity index (χ1v) is 0.548. The van der Waals surface area contributed by atoms with E-state index in [-0.39, 0.29) is 29.5 Å². The zero-order valence-electron chi connectivity index (χ0n) is 2.94. The molecule has 0 aliphatic carbocycles. The van der Waals surface area contributed by atoms with E-state index in [9.17, 15) is 0 Å². The molecular weight excluding hydrogens is 145 g/mol. The van der Waals surface area contributed by atoms with E-state index in [1.807, 2.05) is 0 Å². The Balaban J connectivity index is -0.0000000150. The number of hydrogen-bond acceptors (Lipinski definition) is 3. The first kappa shape index (κ1) is 29.8. The fraction of sp³-hybridized carbons (Fsp3) is 0. The smallest absolute Gasteiger partial charge is 0.0689 e. The Hall–Kier alpha value is -0.296. The first-order valence-electron chi connectivity index (χ1n) is 0.548. The van der Waals surface area contributed by atoms with Crippen LogP contribution in [0.1, 0.15) is 0 Å². The van der Waals surface area contributed by atoms with Gasteiger partial charge >= 0.3 is 0 Å². The zero-order valence-corrected chi connectivity index (χ0v) is 4.33. The molecule has 0 aromatic heterocycles. The van der Waals surface area contributed by atoms with Crippen LogP contribution in [-0.2, 0) is 29.5 Å². The van der Waals surface area contributed by atoms with Crippen LogP contribution in [0.25, 0.3) is 0 Å². The monoisotopic (exact) mass is 145 g/mol. The van der Waals surface area contributed by atoms with Crippen LogP contribution in [0.3, 0.4) is 0 Å². The second kappa shape index (κ2) is 17.3. The van der Waals surface area contributed by atoms with Crippen LogP contribution in [0.4, 0.5) is 0 Å². The fourth-order valence-electron chi connectivity index (χ4n) is 0. The fourth-order valence-corrected chi connectivity index (χ4v) is 0. The average molecular weight is 145 g/mol. The van der Waals surface area contributed by atoms with Gasteiger partial charge in [-0.1, -0.05) is 0 Å². The van der Waals surface area contributed by atoms with Crippen LogP contribution in [0, 0.1) is 15.3 Å². The SMILES string of the molecule is O=[N+]([O-])[O-].[O-2].[O-2].[V]. The van der Waals surface area contributed by atoms with Gasteiger partial charge in [0.15, 0.2) is 0 Å². The maximum atomic E-state index is 8.25. The summed E-state index contributed by atoms with van der Waals surface area (Å²) in [5.41, 5.74) is 0. The number of rotatable bonds is 0. The molecule has 0 aromatic rings. The minimum atomic E-state index is -1.75. The summed E-state index contributed by atoms with van der Waals surface area (Å²) in [5.74, 6) is 0. The van der Waals surface area contributed by atoms with Gasteiger partial charge in [-0.3, -0.25) is 0 Å². The van der Waals surface area contributed by atoms with E-state index in [1.54, 1.807) is 0 Å². The molecule has 7 heavy (non-hydrogen) atoms. The van der Waals surface area contributed by atoms with E-state index in [0.717, 1.165) is 0 Å². The Morgan fingerprint density at radius 3 is 1.14 bits per heavy atom. The van der Waals surface area contributed by atoms with Crippen molar-refractivity contribution in [1.82, 2.24) is 0 Å². The third-order valence-corrected chi connectivity index (χ3v) is 0. The second-order valence-electron chi connectivity index (χ2n) is 0.224. The molecule has 0 unspecified atom stereocenters. The van der Waals surface area contributed by atoms with Crippen LogP contribution in [0.2, 0.25) is 0 Å². The maximum Gasteiger partial charge on any atom is 0.0689 e. The molecule has 0 bridgehead atoms. The Labute approximate surface area is 50.7 Å². The molecule has 0 amide bonds. The van der Waals surface area contributed by atoms with Gasteiger partial charge in [-0.25, -0.2) is 0 Å². The summed E-state index contributed by atoms with van der Waals surface area (Å²) in [6.07, 6.45) is 0. The largest absolute Gasteiger partial charge is 2.00 e. The third-order valence-electron chi connectivity index (χ3n) is 0. The Morgan fingerprint density at radius 1 is 1.14 bits per heavy atom. The normalized spacial score (nSPS) is 3.43. The molecule has 0 saturated carbocycles. The molecule has 0 aromatic carbocycles. The first-order chi connectivity index (χ1) is 1.73. The molecule has 0 heterocycles. The summed E-state index contributed by atoms with van der Waals surface area (Å²) in [6, 6.07) is 0. The summed E-state index contributed by atoms with van der Waals surface area (Å²) in [6.45, 7) is 0. The Bertz CT molecular complexity index is 31.1. The zero-order chi connectivity index (χ0) is 3.58. The molecule has 1 radical (unpaired) electrons. The standard InChI is InChI=1S/NO3.2O.V/c2-1(3)4;;;/q-1;2*-2;. The number of nitrogens with zero attached hydrogens (tertiary/aromatic N) is 1. The van der Waals surface area contributed by atoms with Crippen molar-refractivity contribution in [2.45, 2.75) is 0 Å². The molecule has 7 heteroatoms. The summed E-state index contributed by atoms with van der Waals surface area (Å²) in [4.78, 5) is 8.25. The Morgan fingerprint density at radius 2 is 1.14 bits per heavy atom. The average Bonchev–Trinajstić information content (AvgIpc) is 0.811. The molecule has 0 saturated heterocycles.